The Morgan fingerprint density at radius 3 is 2.20 bits per heavy atom. The zero-order chi connectivity index (χ0) is 11.1. The molecule has 2 rings (SSSR count). The summed E-state index contributed by atoms with van der Waals surface area (Å²) in [6.45, 7) is 2.48. The van der Waals surface area contributed by atoms with Gasteiger partial charge in [0.15, 0.2) is 0 Å². The zero-order valence-corrected chi connectivity index (χ0v) is 9.31. The van der Waals surface area contributed by atoms with E-state index in [9.17, 15) is 8.78 Å². The summed E-state index contributed by atoms with van der Waals surface area (Å²) >= 11 is 0. The minimum atomic E-state index is -2.44. The predicted octanol–water partition coefficient (Wildman–Crippen LogP) is 1.70. The average molecular weight is 218 g/mol. The molecule has 15 heavy (non-hydrogen) atoms. The fourth-order valence-corrected chi connectivity index (χ4v) is 3.20. The van der Waals surface area contributed by atoms with Gasteiger partial charge in [-0.05, 0) is 50.9 Å². The van der Waals surface area contributed by atoms with Gasteiger partial charge in [0, 0.05) is 12.8 Å². The maximum atomic E-state index is 13.0. The SMILES string of the molecule is CN1CCC(C2(CN)CC(F)(F)C2)CC1. The Labute approximate surface area is 89.8 Å². The number of likely N-dealkylation sites (tertiary alicyclic amines) is 1. The first-order valence-corrected chi connectivity index (χ1v) is 5.74. The first-order valence-electron chi connectivity index (χ1n) is 5.74. The van der Waals surface area contributed by atoms with Crippen molar-refractivity contribution in [2.24, 2.45) is 17.1 Å². The molecule has 0 aromatic carbocycles. The Kier molecular flexibility index (Phi) is 2.75. The number of alkyl halides is 2. The molecule has 4 heteroatoms. The van der Waals surface area contributed by atoms with E-state index >= 15 is 0 Å². The molecule has 0 spiro atoms. The van der Waals surface area contributed by atoms with E-state index < -0.39 is 5.92 Å². The molecule has 0 radical (unpaired) electrons. The topological polar surface area (TPSA) is 29.3 Å². The smallest absolute Gasteiger partial charge is 0.249 e. The molecule has 2 fully saturated rings. The third-order valence-electron chi connectivity index (χ3n) is 4.21. The van der Waals surface area contributed by atoms with Crippen LogP contribution in [0.25, 0.3) is 0 Å². The van der Waals surface area contributed by atoms with Gasteiger partial charge in [-0.15, -0.1) is 0 Å². The van der Waals surface area contributed by atoms with Crippen molar-refractivity contribution in [3.63, 3.8) is 0 Å². The summed E-state index contributed by atoms with van der Waals surface area (Å²) < 4.78 is 26.0. The van der Waals surface area contributed by atoms with Gasteiger partial charge in [0.25, 0.3) is 0 Å². The van der Waals surface area contributed by atoms with Crippen LogP contribution in [0.4, 0.5) is 8.78 Å². The number of halogens is 2. The molecule has 0 unspecified atom stereocenters. The third kappa shape index (κ3) is 2.02. The van der Waals surface area contributed by atoms with Gasteiger partial charge in [0.1, 0.15) is 0 Å². The van der Waals surface area contributed by atoms with Crippen molar-refractivity contribution < 1.29 is 8.78 Å². The van der Waals surface area contributed by atoms with Gasteiger partial charge in [0.05, 0.1) is 0 Å². The maximum Gasteiger partial charge on any atom is 0.249 e. The molecule has 1 saturated carbocycles. The highest BCUT2D eigenvalue weighted by molar-refractivity contribution is 5.04. The van der Waals surface area contributed by atoms with E-state index in [1.54, 1.807) is 0 Å². The van der Waals surface area contributed by atoms with Crippen molar-refractivity contribution in [1.82, 2.24) is 4.90 Å². The monoisotopic (exact) mass is 218 g/mol. The van der Waals surface area contributed by atoms with Crippen molar-refractivity contribution in [2.75, 3.05) is 26.7 Å². The molecule has 0 aromatic heterocycles. The van der Waals surface area contributed by atoms with Crippen LogP contribution in [0.1, 0.15) is 25.7 Å². The fourth-order valence-electron chi connectivity index (χ4n) is 3.20. The van der Waals surface area contributed by atoms with Gasteiger partial charge in [-0.2, -0.15) is 0 Å². The first-order chi connectivity index (χ1) is 6.97. The Morgan fingerprint density at radius 2 is 1.80 bits per heavy atom. The van der Waals surface area contributed by atoms with Gasteiger partial charge in [-0.3, -0.25) is 0 Å². The van der Waals surface area contributed by atoms with E-state index in [0.29, 0.717) is 12.5 Å². The first kappa shape index (κ1) is 11.3. The van der Waals surface area contributed by atoms with Gasteiger partial charge in [0.2, 0.25) is 5.92 Å². The minimum absolute atomic E-state index is 0.0187. The summed E-state index contributed by atoms with van der Waals surface area (Å²) in [7, 11) is 2.08. The van der Waals surface area contributed by atoms with E-state index in [1.165, 1.54) is 0 Å². The summed E-state index contributed by atoms with van der Waals surface area (Å²) in [5.41, 5.74) is 5.46. The van der Waals surface area contributed by atoms with Gasteiger partial charge in [-0.25, -0.2) is 8.78 Å². The maximum absolute atomic E-state index is 13.0. The molecule has 1 aliphatic heterocycles. The lowest BCUT2D eigenvalue weighted by atomic mass is 9.57. The lowest BCUT2D eigenvalue weighted by Crippen LogP contribution is -2.56. The second-order valence-electron chi connectivity index (χ2n) is 5.35. The molecule has 2 N–H and O–H groups in total. The molecule has 0 atom stereocenters. The molecule has 88 valence electrons. The van der Waals surface area contributed by atoms with Crippen LogP contribution in [0.5, 0.6) is 0 Å². The van der Waals surface area contributed by atoms with E-state index in [2.05, 4.69) is 11.9 Å². The molecule has 1 aliphatic carbocycles. The molecule has 2 aliphatic rings. The van der Waals surface area contributed by atoms with Gasteiger partial charge >= 0.3 is 0 Å². The molecule has 1 saturated heterocycles. The molecule has 0 aromatic rings. The van der Waals surface area contributed by atoms with Gasteiger partial charge in [-0.1, -0.05) is 0 Å². The molecular formula is C11H20F2N2. The highest BCUT2D eigenvalue weighted by Gasteiger charge is 2.58. The van der Waals surface area contributed by atoms with Crippen molar-refractivity contribution in [3.05, 3.63) is 0 Å². The summed E-state index contributed by atoms with van der Waals surface area (Å²) in [6.07, 6.45) is 2.10. The number of piperidine rings is 1. The second-order valence-corrected chi connectivity index (χ2v) is 5.35. The van der Waals surface area contributed by atoms with E-state index in [-0.39, 0.29) is 18.3 Å². The van der Waals surface area contributed by atoms with Crippen LogP contribution in [0, 0.1) is 11.3 Å². The quantitative estimate of drug-likeness (QED) is 0.764. The fraction of sp³-hybridized carbons (Fsp3) is 1.00. The zero-order valence-electron chi connectivity index (χ0n) is 9.31. The Bertz CT molecular complexity index is 227. The van der Waals surface area contributed by atoms with Crippen molar-refractivity contribution in [1.29, 1.82) is 0 Å². The van der Waals surface area contributed by atoms with Crippen LogP contribution in [-0.4, -0.2) is 37.5 Å². The molecule has 2 nitrogen and oxygen atoms in total. The standard InChI is InChI=1S/C11H20F2N2/c1-15-4-2-9(3-5-15)10(8-14)6-11(12,13)7-10/h9H,2-8,14H2,1H3. The minimum Gasteiger partial charge on any atom is -0.330 e. The van der Waals surface area contributed by atoms with Crippen LogP contribution < -0.4 is 5.73 Å². The van der Waals surface area contributed by atoms with E-state index in [4.69, 9.17) is 5.73 Å². The number of hydrogen-bond donors (Lipinski definition) is 1. The summed E-state index contributed by atoms with van der Waals surface area (Å²) in [5.74, 6) is -2.03. The number of hydrogen-bond acceptors (Lipinski definition) is 2. The summed E-state index contributed by atoms with van der Waals surface area (Å²) in [5, 5.41) is 0. The van der Waals surface area contributed by atoms with Crippen LogP contribution in [-0.2, 0) is 0 Å². The largest absolute Gasteiger partial charge is 0.330 e. The van der Waals surface area contributed by atoms with E-state index in [0.717, 1.165) is 25.9 Å². The van der Waals surface area contributed by atoms with Crippen LogP contribution in [0.15, 0.2) is 0 Å². The predicted molar refractivity (Wildman–Crippen MR) is 55.9 cm³/mol. The Morgan fingerprint density at radius 1 is 1.27 bits per heavy atom. The van der Waals surface area contributed by atoms with Gasteiger partial charge < -0.3 is 10.6 Å². The van der Waals surface area contributed by atoms with Crippen molar-refractivity contribution in [3.8, 4) is 0 Å². The lowest BCUT2D eigenvalue weighted by Gasteiger charge is -2.53. The Hall–Kier alpha value is -0.220. The normalized spacial score (nSPS) is 31.2. The number of rotatable bonds is 2. The number of nitrogens with two attached hydrogens (primary N) is 1. The molecule has 0 bridgehead atoms. The molecular weight excluding hydrogens is 198 g/mol. The lowest BCUT2D eigenvalue weighted by molar-refractivity contribution is -0.184. The highest BCUT2D eigenvalue weighted by atomic mass is 19.3. The third-order valence-corrected chi connectivity index (χ3v) is 4.21. The second kappa shape index (κ2) is 3.67. The molecule has 0 amide bonds. The number of nitrogens with zero attached hydrogens (tertiary/aromatic N) is 1. The summed E-state index contributed by atoms with van der Waals surface area (Å²) in [6, 6.07) is 0. The molecule has 1 heterocycles. The average Bonchev–Trinajstić information content (AvgIpc) is 2.14. The van der Waals surface area contributed by atoms with Crippen LogP contribution in [0.2, 0.25) is 0 Å². The summed E-state index contributed by atoms with van der Waals surface area (Å²) in [4.78, 5) is 2.26. The van der Waals surface area contributed by atoms with Crippen molar-refractivity contribution >= 4 is 0 Å². The van der Waals surface area contributed by atoms with Crippen LogP contribution >= 0.6 is 0 Å². The van der Waals surface area contributed by atoms with Crippen LogP contribution in [0.3, 0.4) is 0 Å². The highest BCUT2D eigenvalue weighted by Crippen LogP contribution is 2.57. The Balaban J connectivity index is 1.97. The van der Waals surface area contributed by atoms with Crippen molar-refractivity contribution in [2.45, 2.75) is 31.6 Å². The van der Waals surface area contributed by atoms with E-state index in [1.807, 2.05) is 0 Å².